The second-order valence-electron chi connectivity index (χ2n) is 6.72. The fraction of sp³-hybridized carbons (Fsp3) is 0.474. The highest BCUT2D eigenvalue weighted by Crippen LogP contribution is 2.16. The lowest BCUT2D eigenvalue weighted by atomic mass is 10.0. The van der Waals surface area contributed by atoms with Crippen LogP contribution in [-0.2, 0) is 11.3 Å². The van der Waals surface area contributed by atoms with E-state index in [0.717, 1.165) is 5.56 Å². The van der Waals surface area contributed by atoms with Gasteiger partial charge in [-0.3, -0.25) is 4.68 Å². The molecular weight excluding hydrogens is 316 g/mol. The van der Waals surface area contributed by atoms with Crippen LogP contribution in [0.15, 0.2) is 42.7 Å². The van der Waals surface area contributed by atoms with E-state index in [2.05, 4.69) is 36.4 Å². The molecule has 0 spiro atoms. The summed E-state index contributed by atoms with van der Waals surface area (Å²) in [6, 6.07) is 10.2. The second kappa shape index (κ2) is 8.16. The van der Waals surface area contributed by atoms with Gasteiger partial charge >= 0.3 is 6.03 Å². The smallest absolute Gasteiger partial charge is 0.317 e. The highest BCUT2D eigenvalue weighted by molar-refractivity contribution is 5.74. The van der Waals surface area contributed by atoms with Crippen LogP contribution in [0.1, 0.15) is 36.9 Å². The van der Waals surface area contributed by atoms with E-state index in [9.17, 15) is 4.79 Å². The van der Waals surface area contributed by atoms with Crippen LogP contribution in [0.5, 0.6) is 0 Å². The van der Waals surface area contributed by atoms with Crippen LogP contribution in [0, 0.1) is 0 Å². The van der Waals surface area contributed by atoms with Crippen LogP contribution in [0.3, 0.4) is 0 Å². The fourth-order valence-corrected chi connectivity index (χ4v) is 2.99. The number of benzene rings is 1. The molecule has 2 amide bonds. The van der Waals surface area contributed by atoms with Crippen molar-refractivity contribution in [3.05, 3.63) is 53.9 Å². The van der Waals surface area contributed by atoms with Gasteiger partial charge < -0.3 is 15.0 Å². The maximum Gasteiger partial charge on any atom is 0.317 e. The van der Waals surface area contributed by atoms with Crippen molar-refractivity contribution in [2.24, 2.45) is 0 Å². The van der Waals surface area contributed by atoms with Gasteiger partial charge in [0.1, 0.15) is 0 Å². The van der Waals surface area contributed by atoms with Gasteiger partial charge in [-0.2, -0.15) is 5.10 Å². The molecule has 134 valence electrons. The van der Waals surface area contributed by atoms with Gasteiger partial charge in [0.25, 0.3) is 0 Å². The van der Waals surface area contributed by atoms with Crippen molar-refractivity contribution >= 4 is 6.03 Å². The lowest BCUT2D eigenvalue weighted by molar-refractivity contribution is 0.121. The summed E-state index contributed by atoms with van der Waals surface area (Å²) >= 11 is 0. The second-order valence-corrected chi connectivity index (χ2v) is 6.72. The third-order valence-electron chi connectivity index (χ3n) is 4.49. The van der Waals surface area contributed by atoms with Gasteiger partial charge in [-0.05, 0) is 23.1 Å². The summed E-state index contributed by atoms with van der Waals surface area (Å²) in [5.74, 6) is 0.480. The van der Waals surface area contributed by atoms with Crippen LogP contribution in [0.25, 0.3) is 0 Å². The number of urea groups is 1. The molecule has 3 rings (SSSR count). The first-order valence-corrected chi connectivity index (χ1v) is 8.82. The Kier molecular flexibility index (Phi) is 5.71. The van der Waals surface area contributed by atoms with Gasteiger partial charge in [0.2, 0.25) is 0 Å². The average Bonchev–Trinajstić information content (AvgIpc) is 3.04. The Bertz CT molecular complexity index is 684. The van der Waals surface area contributed by atoms with Gasteiger partial charge in [0.15, 0.2) is 0 Å². The molecule has 1 unspecified atom stereocenters. The molecule has 25 heavy (non-hydrogen) atoms. The lowest BCUT2D eigenvalue weighted by Crippen LogP contribution is -2.43. The number of aromatic nitrogens is 2. The maximum absolute atomic E-state index is 12.6. The molecule has 1 aliphatic rings. The molecule has 0 aliphatic carbocycles. The van der Waals surface area contributed by atoms with Crippen molar-refractivity contribution in [1.29, 1.82) is 0 Å². The third kappa shape index (κ3) is 4.60. The summed E-state index contributed by atoms with van der Waals surface area (Å²) in [4.78, 5) is 14.4. The number of amides is 2. The molecule has 6 heteroatoms. The number of hydrogen-bond donors (Lipinski definition) is 1. The van der Waals surface area contributed by atoms with Crippen molar-refractivity contribution in [3.63, 3.8) is 0 Å². The van der Waals surface area contributed by atoms with E-state index < -0.39 is 0 Å². The zero-order valence-corrected chi connectivity index (χ0v) is 14.9. The summed E-state index contributed by atoms with van der Waals surface area (Å²) in [6.07, 6.45) is 3.66. The van der Waals surface area contributed by atoms with E-state index in [4.69, 9.17) is 4.74 Å². The van der Waals surface area contributed by atoms with Crippen LogP contribution in [0.2, 0.25) is 0 Å². The quantitative estimate of drug-likeness (QED) is 0.929. The highest BCUT2D eigenvalue weighted by atomic mass is 16.5. The molecule has 1 aliphatic heterocycles. The van der Waals surface area contributed by atoms with E-state index in [-0.39, 0.29) is 12.1 Å². The number of nitrogens with zero attached hydrogens (tertiary/aromatic N) is 3. The Morgan fingerprint density at radius 1 is 1.40 bits per heavy atom. The van der Waals surface area contributed by atoms with Gasteiger partial charge in [0.05, 0.1) is 19.3 Å². The normalized spacial score (nSPS) is 18.2. The number of rotatable bonds is 4. The molecule has 1 aromatic carbocycles. The standard InChI is InChI=1S/C19H26N4O2/c1-15(2)17-6-3-5-16(11-17)12-20-19(24)22-9-10-25-14-18(13-22)23-8-4-7-21-23/h3-8,11,15,18H,9-10,12-14H2,1-2H3,(H,20,24). The van der Waals surface area contributed by atoms with E-state index >= 15 is 0 Å². The average molecular weight is 342 g/mol. The Morgan fingerprint density at radius 2 is 2.28 bits per heavy atom. The topological polar surface area (TPSA) is 59.4 Å². The van der Waals surface area contributed by atoms with Crippen LogP contribution >= 0.6 is 0 Å². The van der Waals surface area contributed by atoms with Crippen molar-refractivity contribution in [2.75, 3.05) is 26.3 Å². The molecule has 2 aromatic rings. The minimum Gasteiger partial charge on any atom is -0.377 e. The first-order valence-electron chi connectivity index (χ1n) is 8.82. The van der Waals surface area contributed by atoms with E-state index in [1.54, 1.807) is 6.20 Å². The number of nitrogens with one attached hydrogen (secondary N) is 1. The predicted molar refractivity (Wildman–Crippen MR) is 96.4 cm³/mol. The molecule has 1 N–H and O–H groups in total. The molecule has 1 aromatic heterocycles. The summed E-state index contributed by atoms with van der Waals surface area (Å²) in [5.41, 5.74) is 2.41. The monoisotopic (exact) mass is 342 g/mol. The van der Waals surface area contributed by atoms with E-state index in [1.165, 1.54) is 5.56 Å². The summed E-state index contributed by atoms with van der Waals surface area (Å²) < 4.78 is 7.49. The van der Waals surface area contributed by atoms with Gasteiger partial charge in [-0.25, -0.2) is 4.79 Å². The minimum atomic E-state index is -0.0578. The maximum atomic E-state index is 12.6. The van der Waals surface area contributed by atoms with Crippen molar-refractivity contribution < 1.29 is 9.53 Å². The number of carbonyl (C=O) groups excluding carboxylic acids is 1. The van der Waals surface area contributed by atoms with Crippen LogP contribution < -0.4 is 5.32 Å². The van der Waals surface area contributed by atoms with E-state index in [0.29, 0.717) is 38.8 Å². The number of ether oxygens (including phenoxy) is 1. The molecular formula is C19H26N4O2. The molecule has 1 saturated heterocycles. The summed E-state index contributed by atoms with van der Waals surface area (Å²) in [7, 11) is 0. The van der Waals surface area contributed by atoms with Gasteiger partial charge in [-0.15, -0.1) is 0 Å². The van der Waals surface area contributed by atoms with Gasteiger partial charge in [-0.1, -0.05) is 38.1 Å². The Morgan fingerprint density at radius 3 is 3.04 bits per heavy atom. The van der Waals surface area contributed by atoms with Crippen LogP contribution in [-0.4, -0.2) is 47.0 Å². The van der Waals surface area contributed by atoms with E-state index in [1.807, 2.05) is 34.0 Å². The molecule has 6 nitrogen and oxygen atoms in total. The van der Waals surface area contributed by atoms with Crippen LogP contribution in [0.4, 0.5) is 4.79 Å². The zero-order valence-electron chi connectivity index (χ0n) is 14.9. The fourth-order valence-electron chi connectivity index (χ4n) is 2.99. The zero-order chi connectivity index (χ0) is 17.6. The first-order chi connectivity index (χ1) is 12.1. The Labute approximate surface area is 148 Å². The predicted octanol–water partition coefficient (Wildman–Crippen LogP) is 2.79. The largest absolute Gasteiger partial charge is 0.377 e. The molecule has 1 atom stereocenters. The summed E-state index contributed by atoms with van der Waals surface area (Å²) in [5, 5.41) is 7.30. The van der Waals surface area contributed by atoms with Crippen molar-refractivity contribution in [1.82, 2.24) is 20.0 Å². The third-order valence-corrected chi connectivity index (χ3v) is 4.49. The summed E-state index contributed by atoms with van der Waals surface area (Å²) in [6.45, 7) is 7.18. The lowest BCUT2D eigenvalue weighted by Gasteiger charge is -2.24. The molecule has 0 bridgehead atoms. The first kappa shape index (κ1) is 17.5. The van der Waals surface area contributed by atoms with Crippen molar-refractivity contribution in [2.45, 2.75) is 32.4 Å². The molecule has 0 radical (unpaired) electrons. The highest BCUT2D eigenvalue weighted by Gasteiger charge is 2.23. The molecule has 1 fully saturated rings. The van der Waals surface area contributed by atoms with Gasteiger partial charge in [0, 0.05) is 32.0 Å². The number of hydrogen-bond acceptors (Lipinski definition) is 3. The van der Waals surface area contributed by atoms with Crippen molar-refractivity contribution in [3.8, 4) is 0 Å². The Balaban J connectivity index is 1.59. The Hall–Kier alpha value is -2.34. The molecule has 0 saturated carbocycles. The SMILES string of the molecule is CC(C)c1cccc(CNC(=O)N2CCOCC(n3cccn3)C2)c1. The molecule has 2 heterocycles. The minimum absolute atomic E-state index is 0.0486. The number of carbonyl (C=O) groups is 1.